The van der Waals surface area contributed by atoms with Gasteiger partial charge in [0.15, 0.2) is 0 Å². The average molecular weight is 313 g/mol. The van der Waals surface area contributed by atoms with Gasteiger partial charge in [-0.2, -0.15) is 0 Å². The molecule has 0 atom stereocenters. The van der Waals surface area contributed by atoms with Gasteiger partial charge in [-0.3, -0.25) is 4.79 Å². The zero-order chi connectivity index (χ0) is 16.9. The number of unbranched alkanes of at least 4 members (excludes halogenated alkanes) is 11. The van der Waals surface area contributed by atoms with E-state index in [4.69, 9.17) is 5.73 Å². The summed E-state index contributed by atoms with van der Waals surface area (Å²) in [6.07, 6.45) is 21.9. The van der Waals surface area contributed by atoms with Gasteiger partial charge < -0.3 is 11.5 Å². The van der Waals surface area contributed by atoms with E-state index in [2.05, 4.69) is 24.8 Å². The third-order valence-electron chi connectivity index (χ3n) is 3.68. The molecule has 0 aliphatic rings. The Morgan fingerprint density at radius 1 is 0.727 bits per heavy atom. The lowest BCUT2D eigenvalue weighted by molar-refractivity contribution is -0.118. The second kappa shape index (κ2) is 22.5. The number of amides is 1. The van der Waals surface area contributed by atoms with Gasteiger partial charge >= 0.3 is 0 Å². The molecule has 0 heterocycles. The summed E-state index contributed by atoms with van der Waals surface area (Å²) < 4.78 is 0. The third-order valence-corrected chi connectivity index (χ3v) is 3.68. The highest BCUT2D eigenvalue weighted by Gasteiger charge is 1.94. The lowest BCUT2D eigenvalue weighted by atomic mass is 10.1. The van der Waals surface area contributed by atoms with Gasteiger partial charge in [-0.05, 0) is 39.2 Å². The molecule has 0 aromatic heterocycles. The molecule has 0 bridgehead atoms. The predicted octanol–water partition coefficient (Wildman–Crippen LogP) is 5.08. The Labute approximate surface area is 138 Å². The first-order valence-electron chi connectivity index (χ1n) is 9.28. The van der Waals surface area contributed by atoms with E-state index in [0.29, 0.717) is 6.42 Å². The minimum absolute atomic E-state index is 0.164. The minimum Gasteiger partial charge on any atom is -0.370 e. The van der Waals surface area contributed by atoms with Crippen molar-refractivity contribution < 1.29 is 4.79 Å². The van der Waals surface area contributed by atoms with Crippen molar-refractivity contribution in [2.24, 2.45) is 11.5 Å². The molecule has 0 spiro atoms. The number of primary amides is 1. The number of hydrogen-bond acceptors (Lipinski definition) is 2. The molecule has 0 saturated carbocycles. The van der Waals surface area contributed by atoms with E-state index in [9.17, 15) is 4.79 Å². The highest BCUT2D eigenvalue weighted by molar-refractivity contribution is 5.73. The van der Waals surface area contributed by atoms with Crippen LogP contribution in [0.1, 0.15) is 96.8 Å². The largest absolute Gasteiger partial charge is 0.370 e. The van der Waals surface area contributed by atoms with Gasteiger partial charge in [-0.25, -0.2) is 0 Å². The monoisotopic (exact) mass is 312 g/mol. The summed E-state index contributed by atoms with van der Waals surface area (Å²) in [5, 5.41) is 0. The molecular formula is C19H40N2O. The molecule has 132 valence electrons. The van der Waals surface area contributed by atoms with Crippen LogP contribution in [-0.2, 0) is 4.79 Å². The molecule has 3 nitrogen and oxygen atoms in total. The van der Waals surface area contributed by atoms with Crippen molar-refractivity contribution in [3.05, 3.63) is 12.2 Å². The number of carbonyl (C=O) groups excluding carboxylic acids is 1. The third kappa shape index (κ3) is 24.2. The summed E-state index contributed by atoms with van der Waals surface area (Å²) in [6, 6.07) is 0. The van der Waals surface area contributed by atoms with E-state index in [0.717, 1.165) is 12.8 Å². The molecule has 0 aromatic carbocycles. The number of nitrogens with two attached hydrogens (primary N) is 2. The van der Waals surface area contributed by atoms with Crippen molar-refractivity contribution in [3.8, 4) is 0 Å². The second-order valence-electron chi connectivity index (χ2n) is 5.80. The van der Waals surface area contributed by atoms with E-state index in [1.165, 1.54) is 77.7 Å². The second-order valence-corrected chi connectivity index (χ2v) is 5.80. The first-order chi connectivity index (χ1) is 10.8. The SMILES string of the molecule is CCCCCCCC/C=C\CCCCCCCC(N)=O.CN. The molecule has 0 aliphatic heterocycles. The Morgan fingerprint density at radius 2 is 1.14 bits per heavy atom. The van der Waals surface area contributed by atoms with Crippen LogP contribution in [0, 0.1) is 0 Å². The molecule has 0 radical (unpaired) electrons. The Hall–Kier alpha value is -0.830. The van der Waals surface area contributed by atoms with Crippen LogP contribution >= 0.6 is 0 Å². The fourth-order valence-electron chi connectivity index (χ4n) is 2.37. The van der Waals surface area contributed by atoms with Crippen LogP contribution in [-0.4, -0.2) is 13.0 Å². The van der Waals surface area contributed by atoms with Crippen LogP contribution in [0.4, 0.5) is 0 Å². The van der Waals surface area contributed by atoms with E-state index in [1.54, 1.807) is 0 Å². The summed E-state index contributed by atoms with van der Waals surface area (Å²) in [5.41, 5.74) is 9.60. The van der Waals surface area contributed by atoms with Crippen molar-refractivity contribution in [1.82, 2.24) is 0 Å². The Kier molecular flexibility index (Phi) is 23.9. The summed E-state index contributed by atoms with van der Waals surface area (Å²) in [5.74, 6) is -0.164. The maximum absolute atomic E-state index is 10.5. The standard InChI is InChI=1S/C18H35NO.CH5N/c1-2-3-4-5-6-7-8-9-10-11-12-13-14-15-16-17-18(19)20;1-2/h9-10H,2-8,11-17H2,1H3,(H2,19,20);2H2,1H3/b10-9-;. The van der Waals surface area contributed by atoms with Gasteiger partial charge in [0.2, 0.25) is 5.91 Å². The van der Waals surface area contributed by atoms with Gasteiger partial charge in [0.25, 0.3) is 0 Å². The van der Waals surface area contributed by atoms with Gasteiger partial charge in [0.05, 0.1) is 0 Å². The molecule has 0 aliphatic carbocycles. The zero-order valence-corrected chi connectivity index (χ0v) is 15.1. The van der Waals surface area contributed by atoms with E-state index >= 15 is 0 Å². The van der Waals surface area contributed by atoms with Crippen LogP contribution in [0.2, 0.25) is 0 Å². The summed E-state index contributed by atoms with van der Waals surface area (Å²) in [4.78, 5) is 10.5. The van der Waals surface area contributed by atoms with Crippen LogP contribution in [0.15, 0.2) is 12.2 Å². The number of rotatable bonds is 15. The fraction of sp³-hybridized carbons (Fsp3) is 0.842. The van der Waals surface area contributed by atoms with Crippen molar-refractivity contribution in [3.63, 3.8) is 0 Å². The number of allylic oxidation sites excluding steroid dienone is 2. The van der Waals surface area contributed by atoms with Crippen LogP contribution in [0.25, 0.3) is 0 Å². The van der Waals surface area contributed by atoms with Crippen LogP contribution in [0.5, 0.6) is 0 Å². The summed E-state index contributed by atoms with van der Waals surface area (Å²) >= 11 is 0. The van der Waals surface area contributed by atoms with Crippen LogP contribution < -0.4 is 11.5 Å². The van der Waals surface area contributed by atoms with Crippen molar-refractivity contribution >= 4 is 5.91 Å². The van der Waals surface area contributed by atoms with Crippen molar-refractivity contribution in [2.75, 3.05) is 7.05 Å². The maximum Gasteiger partial charge on any atom is 0.217 e. The van der Waals surface area contributed by atoms with Crippen LogP contribution in [0.3, 0.4) is 0 Å². The highest BCUT2D eigenvalue weighted by Crippen LogP contribution is 2.09. The zero-order valence-electron chi connectivity index (χ0n) is 15.1. The molecule has 0 aromatic rings. The Balaban J connectivity index is 0. The topological polar surface area (TPSA) is 69.1 Å². The number of hydrogen-bond donors (Lipinski definition) is 2. The normalized spacial score (nSPS) is 10.5. The smallest absolute Gasteiger partial charge is 0.217 e. The van der Waals surface area contributed by atoms with Gasteiger partial charge in [0, 0.05) is 6.42 Å². The molecule has 3 heteroatoms. The minimum atomic E-state index is -0.164. The summed E-state index contributed by atoms with van der Waals surface area (Å²) in [6.45, 7) is 2.26. The first kappa shape index (κ1) is 23.4. The van der Waals surface area contributed by atoms with E-state index in [-0.39, 0.29) is 5.91 Å². The molecule has 0 rings (SSSR count). The van der Waals surface area contributed by atoms with E-state index < -0.39 is 0 Å². The molecule has 0 unspecified atom stereocenters. The fourth-order valence-corrected chi connectivity index (χ4v) is 2.37. The lowest BCUT2D eigenvalue weighted by Gasteiger charge is -1.99. The Bertz CT molecular complexity index is 240. The number of carbonyl (C=O) groups is 1. The van der Waals surface area contributed by atoms with E-state index in [1.807, 2.05) is 0 Å². The predicted molar refractivity (Wildman–Crippen MR) is 98.8 cm³/mol. The molecule has 1 amide bonds. The first-order valence-corrected chi connectivity index (χ1v) is 9.28. The quantitative estimate of drug-likeness (QED) is 0.327. The van der Waals surface area contributed by atoms with Gasteiger partial charge in [-0.1, -0.05) is 70.4 Å². The molecular weight excluding hydrogens is 272 g/mol. The Morgan fingerprint density at radius 3 is 1.59 bits per heavy atom. The molecule has 0 saturated heterocycles. The molecule has 0 fully saturated rings. The van der Waals surface area contributed by atoms with Gasteiger partial charge in [-0.15, -0.1) is 0 Å². The van der Waals surface area contributed by atoms with Crippen molar-refractivity contribution in [2.45, 2.75) is 96.8 Å². The average Bonchev–Trinajstić information content (AvgIpc) is 2.53. The van der Waals surface area contributed by atoms with Crippen molar-refractivity contribution in [1.29, 1.82) is 0 Å². The molecule has 22 heavy (non-hydrogen) atoms. The maximum atomic E-state index is 10.5. The highest BCUT2D eigenvalue weighted by atomic mass is 16.1. The lowest BCUT2D eigenvalue weighted by Crippen LogP contribution is -2.09. The summed E-state index contributed by atoms with van der Waals surface area (Å²) in [7, 11) is 1.50. The molecule has 4 N–H and O–H groups in total. The van der Waals surface area contributed by atoms with Gasteiger partial charge in [0.1, 0.15) is 0 Å².